The van der Waals surface area contributed by atoms with E-state index in [9.17, 15) is 4.79 Å². The molecule has 0 radical (unpaired) electrons. The SMILES string of the molecule is NC(=O)[C@@H]1CC=CC[C@H]1NCc1cccc2[nH]ccc12. The van der Waals surface area contributed by atoms with Crippen molar-refractivity contribution in [1.82, 2.24) is 10.3 Å². The Morgan fingerprint density at radius 2 is 2.15 bits per heavy atom. The van der Waals surface area contributed by atoms with E-state index >= 15 is 0 Å². The summed E-state index contributed by atoms with van der Waals surface area (Å²) in [6.07, 6.45) is 7.70. The van der Waals surface area contributed by atoms with Gasteiger partial charge in [-0.3, -0.25) is 4.79 Å². The number of amides is 1. The molecule has 4 N–H and O–H groups in total. The number of H-pyrrole nitrogens is 1. The predicted octanol–water partition coefficient (Wildman–Crippen LogP) is 2.08. The Morgan fingerprint density at radius 1 is 1.30 bits per heavy atom. The van der Waals surface area contributed by atoms with Crippen molar-refractivity contribution in [3.05, 3.63) is 48.2 Å². The molecule has 0 aliphatic heterocycles. The van der Waals surface area contributed by atoms with Crippen molar-refractivity contribution in [3.8, 4) is 0 Å². The highest BCUT2D eigenvalue weighted by atomic mass is 16.1. The first-order valence-electron chi connectivity index (χ1n) is 6.98. The zero-order valence-corrected chi connectivity index (χ0v) is 11.3. The average molecular weight is 269 g/mol. The topological polar surface area (TPSA) is 70.9 Å². The predicted molar refractivity (Wildman–Crippen MR) is 80.0 cm³/mol. The van der Waals surface area contributed by atoms with Crippen LogP contribution in [-0.2, 0) is 11.3 Å². The second kappa shape index (κ2) is 5.51. The third kappa shape index (κ3) is 2.47. The van der Waals surface area contributed by atoms with Crippen LogP contribution in [0.15, 0.2) is 42.6 Å². The molecule has 0 unspecified atom stereocenters. The highest BCUT2D eigenvalue weighted by molar-refractivity contribution is 5.82. The minimum Gasteiger partial charge on any atom is -0.369 e. The van der Waals surface area contributed by atoms with Crippen LogP contribution in [0.3, 0.4) is 0 Å². The van der Waals surface area contributed by atoms with E-state index in [4.69, 9.17) is 5.73 Å². The molecule has 0 bridgehead atoms. The summed E-state index contributed by atoms with van der Waals surface area (Å²) in [5.74, 6) is -0.322. The fourth-order valence-electron chi connectivity index (χ4n) is 2.90. The maximum absolute atomic E-state index is 11.5. The summed E-state index contributed by atoms with van der Waals surface area (Å²) in [6.45, 7) is 0.747. The molecule has 1 amide bonds. The van der Waals surface area contributed by atoms with E-state index in [2.05, 4.69) is 34.6 Å². The summed E-state index contributed by atoms with van der Waals surface area (Å²) in [4.78, 5) is 14.7. The lowest BCUT2D eigenvalue weighted by molar-refractivity contribution is -0.122. The van der Waals surface area contributed by atoms with Crippen molar-refractivity contribution in [3.63, 3.8) is 0 Å². The number of hydrogen-bond donors (Lipinski definition) is 3. The van der Waals surface area contributed by atoms with Crippen molar-refractivity contribution in [1.29, 1.82) is 0 Å². The number of benzene rings is 1. The lowest BCUT2D eigenvalue weighted by Crippen LogP contribution is -2.43. The zero-order valence-electron chi connectivity index (χ0n) is 11.3. The van der Waals surface area contributed by atoms with E-state index in [-0.39, 0.29) is 17.9 Å². The van der Waals surface area contributed by atoms with Gasteiger partial charge in [0.15, 0.2) is 0 Å². The van der Waals surface area contributed by atoms with Crippen LogP contribution in [-0.4, -0.2) is 16.9 Å². The van der Waals surface area contributed by atoms with Crippen LogP contribution in [0.1, 0.15) is 18.4 Å². The van der Waals surface area contributed by atoms with Crippen LogP contribution in [0.25, 0.3) is 10.9 Å². The molecule has 3 rings (SSSR count). The van der Waals surface area contributed by atoms with Crippen LogP contribution in [0.4, 0.5) is 0 Å². The second-order valence-corrected chi connectivity index (χ2v) is 5.30. The molecular formula is C16H19N3O. The number of nitrogens with one attached hydrogen (secondary N) is 2. The normalized spacial score (nSPS) is 22.2. The van der Waals surface area contributed by atoms with E-state index in [0.29, 0.717) is 0 Å². The molecule has 0 saturated heterocycles. The Bertz CT molecular complexity index is 644. The molecule has 1 aromatic heterocycles. The number of allylic oxidation sites excluding steroid dienone is 1. The van der Waals surface area contributed by atoms with Gasteiger partial charge in [-0.05, 0) is 30.5 Å². The molecule has 2 aromatic rings. The molecule has 1 aliphatic rings. The summed E-state index contributed by atoms with van der Waals surface area (Å²) in [5, 5.41) is 4.71. The summed E-state index contributed by atoms with van der Waals surface area (Å²) in [7, 11) is 0. The lowest BCUT2D eigenvalue weighted by atomic mass is 9.88. The maximum Gasteiger partial charge on any atom is 0.222 e. The molecule has 20 heavy (non-hydrogen) atoms. The van der Waals surface area contributed by atoms with Crippen LogP contribution >= 0.6 is 0 Å². The molecule has 4 nitrogen and oxygen atoms in total. The van der Waals surface area contributed by atoms with Gasteiger partial charge in [-0.15, -0.1) is 0 Å². The van der Waals surface area contributed by atoms with Gasteiger partial charge in [0.25, 0.3) is 0 Å². The minimum atomic E-state index is -0.216. The molecule has 104 valence electrons. The monoisotopic (exact) mass is 269 g/mol. The Kier molecular flexibility index (Phi) is 3.56. The summed E-state index contributed by atoms with van der Waals surface area (Å²) < 4.78 is 0. The summed E-state index contributed by atoms with van der Waals surface area (Å²) in [5.41, 5.74) is 7.86. The summed E-state index contributed by atoms with van der Waals surface area (Å²) >= 11 is 0. The molecule has 0 saturated carbocycles. The van der Waals surface area contributed by atoms with Crippen molar-refractivity contribution in [2.75, 3.05) is 0 Å². The Labute approximate surface area is 118 Å². The highest BCUT2D eigenvalue weighted by Gasteiger charge is 2.26. The largest absolute Gasteiger partial charge is 0.369 e. The lowest BCUT2D eigenvalue weighted by Gasteiger charge is -2.27. The number of carbonyl (C=O) groups excluding carboxylic acids is 1. The first-order chi connectivity index (χ1) is 9.75. The number of primary amides is 1. The van der Waals surface area contributed by atoms with Crippen molar-refractivity contribution < 1.29 is 4.79 Å². The third-order valence-electron chi connectivity index (χ3n) is 4.04. The Balaban J connectivity index is 1.74. The standard InChI is InChI=1S/C16H19N3O/c17-16(20)13-5-1-2-6-15(13)19-10-11-4-3-7-14-12(11)8-9-18-14/h1-4,7-9,13,15,18-19H,5-6,10H2,(H2,17,20)/t13-,15-/m1/s1. The van der Waals surface area contributed by atoms with Crippen molar-refractivity contribution in [2.24, 2.45) is 11.7 Å². The van der Waals surface area contributed by atoms with E-state index in [1.807, 2.05) is 18.3 Å². The molecule has 1 aliphatic carbocycles. The second-order valence-electron chi connectivity index (χ2n) is 5.30. The van der Waals surface area contributed by atoms with Crippen LogP contribution in [0.5, 0.6) is 0 Å². The number of nitrogens with two attached hydrogens (primary N) is 1. The molecular weight excluding hydrogens is 250 g/mol. The van der Waals surface area contributed by atoms with E-state index in [0.717, 1.165) is 24.9 Å². The van der Waals surface area contributed by atoms with Crippen LogP contribution in [0, 0.1) is 5.92 Å². The molecule has 4 heteroatoms. The first-order valence-corrected chi connectivity index (χ1v) is 6.98. The number of rotatable bonds is 4. The first kappa shape index (κ1) is 12.9. The highest BCUT2D eigenvalue weighted by Crippen LogP contribution is 2.21. The molecule has 1 heterocycles. The molecule has 2 atom stereocenters. The fraction of sp³-hybridized carbons (Fsp3) is 0.312. The molecule has 1 aromatic carbocycles. The smallest absolute Gasteiger partial charge is 0.222 e. The van der Waals surface area contributed by atoms with E-state index < -0.39 is 0 Å². The van der Waals surface area contributed by atoms with Gasteiger partial charge in [-0.25, -0.2) is 0 Å². The number of carbonyl (C=O) groups is 1. The minimum absolute atomic E-state index is 0.106. The number of aromatic nitrogens is 1. The van der Waals surface area contributed by atoms with Crippen LogP contribution in [0.2, 0.25) is 0 Å². The van der Waals surface area contributed by atoms with Crippen molar-refractivity contribution >= 4 is 16.8 Å². The number of hydrogen-bond acceptors (Lipinski definition) is 2. The van der Waals surface area contributed by atoms with Gasteiger partial charge >= 0.3 is 0 Å². The maximum atomic E-state index is 11.5. The van der Waals surface area contributed by atoms with Gasteiger partial charge in [0.05, 0.1) is 5.92 Å². The van der Waals surface area contributed by atoms with Gasteiger partial charge in [0.1, 0.15) is 0 Å². The van der Waals surface area contributed by atoms with Gasteiger partial charge in [-0.2, -0.15) is 0 Å². The Morgan fingerprint density at radius 3 is 3.00 bits per heavy atom. The van der Waals surface area contributed by atoms with E-state index in [1.165, 1.54) is 10.9 Å². The number of fused-ring (bicyclic) bond motifs is 1. The van der Waals surface area contributed by atoms with Gasteiger partial charge in [0, 0.05) is 29.7 Å². The number of aromatic amines is 1. The van der Waals surface area contributed by atoms with Crippen molar-refractivity contribution in [2.45, 2.75) is 25.4 Å². The fourth-order valence-corrected chi connectivity index (χ4v) is 2.90. The quantitative estimate of drug-likeness (QED) is 0.744. The zero-order chi connectivity index (χ0) is 13.9. The van der Waals surface area contributed by atoms with Crippen LogP contribution < -0.4 is 11.1 Å². The summed E-state index contributed by atoms with van der Waals surface area (Å²) in [6, 6.07) is 8.43. The van der Waals surface area contributed by atoms with Gasteiger partial charge in [0.2, 0.25) is 5.91 Å². The average Bonchev–Trinajstić information content (AvgIpc) is 2.94. The Hall–Kier alpha value is -2.07. The van der Waals surface area contributed by atoms with E-state index in [1.54, 1.807) is 0 Å². The van der Waals surface area contributed by atoms with Gasteiger partial charge in [-0.1, -0.05) is 24.3 Å². The van der Waals surface area contributed by atoms with Gasteiger partial charge < -0.3 is 16.0 Å². The molecule has 0 fully saturated rings. The third-order valence-corrected chi connectivity index (χ3v) is 4.04. The molecule has 0 spiro atoms.